The molecule has 3 aromatic rings. The van der Waals surface area contributed by atoms with Crippen molar-refractivity contribution in [1.82, 2.24) is 15.3 Å². The molecule has 0 atom stereocenters. The quantitative estimate of drug-likeness (QED) is 0.707. The van der Waals surface area contributed by atoms with Crippen molar-refractivity contribution in [2.45, 2.75) is 24.9 Å². The molecule has 0 unspecified atom stereocenters. The number of aromatic nitrogens is 2. The molecule has 0 bridgehead atoms. The average molecular weight is 400 g/mol. The van der Waals surface area contributed by atoms with E-state index in [1.807, 2.05) is 60.7 Å². The second kappa shape index (κ2) is 7.54. The minimum atomic E-state index is -0.829. The second-order valence-corrected chi connectivity index (χ2v) is 7.95. The number of benzene rings is 2. The van der Waals surface area contributed by atoms with Crippen LogP contribution in [-0.2, 0) is 12.0 Å². The summed E-state index contributed by atoms with van der Waals surface area (Å²) in [5, 5.41) is 14.1. The van der Waals surface area contributed by atoms with Crippen molar-refractivity contribution in [1.29, 1.82) is 0 Å². The van der Waals surface area contributed by atoms with Gasteiger partial charge >= 0.3 is 0 Å². The van der Waals surface area contributed by atoms with Crippen molar-refractivity contribution in [2.24, 2.45) is 0 Å². The fourth-order valence-corrected chi connectivity index (χ4v) is 4.38. The molecule has 5 rings (SSSR count). The number of nitrogens with one attached hydrogen (secondary N) is 1. The summed E-state index contributed by atoms with van der Waals surface area (Å²) in [5.41, 5.74) is 2.39. The topological polar surface area (TPSA) is 78.4 Å². The maximum atomic E-state index is 12.5. The Morgan fingerprint density at radius 3 is 2.30 bits per heavy atom. The monoisotopic (exact) mass is 400 g/mol. The molecule has 1 aromatic heterocycles. The SMILES string of the molecule is O=C1NCCc2c1nc(-c1ccccc1)nc2N1CCC(O)(c2ccccc2)CC1. The van der Waals surface area contributed by atoms with Crippen LogP contribution in [0.15, 0.2) is 60.7 Å². The van der Waals surface area contributed by atoms with E-state index < -0.39 is 5.60 Å². The van der Waals surface area contributed by atoms with Gasteiger partial charge in [-0.15, -0.1) is 0 Å². The predicted molar refractivity (Wildman–Crippen MR) is 115 cm³/mol. The summed E-state index contributed by atoms with van der Waals surface area (Å²) in [5.74, 6) is 1.24. The molecule has 2 aromatic carbocycles. The van der Waals surface area contributed by atoms with E-state index in [1.54, 1.807) is 0 Å². The lowest BCUT2D eigenvalue weighted by Crippen LogP contribution is -2.44. The first-order valence-corrected chi connectivity index (χ1v) is 10.4. The first-order chi connectivity index (χ1) is 14.6. The van der Waals surface area contributed by atoms with E-state index in [0.29, 0.717) is 50.4 Å². The van der Waals surface area contributed by atoms with Gasteiger partial charge in [0.2, 0.25) is 0 Å². The van der Waals surface area contributed by atoms with Gasteiger partial charge in [-0.3, -0.25) is 4.79 Å². The molecule has 6 nitrogen and oxygen atoms in total. The third kappa shape index (κ3) is 3.33. The average Bonchev–Trinajstić information content (AvgIpc) is 2.81. The molecule has 0 aliphatic carbocycles. The van der Waals surface area contributed by atoms with Crippen molar-refractivity contribution in [3.05, 3.63) is 77.5 Å². The number of carbonyl (C=O) groups is 1. The molecule has 1 saturated heterocycles. The number of piperidine rings is 1. The van der Waals surface area contributed by atoms with E-state index in [9.17, 15) is 9.90 Å². The van der Waals surface area contributed by atoms with E-state index in [1.165, 1.54) is 0 Å². The highest BCUT2D eigenvalue weighted by molar-refractivity contribution is 5.96. The van der Waals surface area contributed by atoms with Crippen molar-refractivity contribution in [3.8, 4) is 11.4 Å². The first kappa shape index (κ1) is 18.8. The smallest absolute Gasteiger partial charge is 0.270 e. The molecule has 0 spiro atoms. The Bertz CT molecular complexity index is 1060. The standard InChI is InChI=1S/C24H24N4O2/c29-23-20-19(11-14-25-23)22(27-21(26-20)17-7-3-1-4-8-17)28-15-12-24(30,13-16-28)18-9-5-2-6-10-18/h1-10,30H,11-16H2,(H,25,29). The molecule has 0 saturated carbocycles. The molecular weight excluding hydrogens is 376 g/mol. The van der Waals surface area contributed by atoms with Gasteiger partial charge < -0.3 is 15.3 Å². The Morgan fingerprint density at radius 2 is 1.60 bits per heavy atom. The van der Waals surface area contributed by atoms with E-state index in [0.717, 1.165) is 22.5 Å². The number of hydrogen-bond donors (Lipinski definition) is 2. The number of fused-ring (bicyclic) bond motifs is 1. The summed E-state index contributed by atoms with van der Waals surface area (Å²) in [6.45, 7) is 1.93. The lowest BCUT2D eigenvalue weighted by molar-refractivity contribution is 0.0116. The van der Waals surface area contributed by atoms with Gasteiger partial charge in [0, 0.05) is 30.8 Å². The second-order valence-electron chi connectivity index (χ2n) is 7.95. The number of amides is 1. The highest BCUT2D eigenvalue weighted by Crippen LogP contribution is 2.36. The van der Waals surface area contributed by atoms with Gasteiger partial charge in [0.1, 0.15) is 11.5 Å². The molecule has 6 heteroatoms. The summed E-state index contributed by atoms with van der Waals surface area (Å²) in [6, 6.07) is 19.6. The molecule has 0 radical (unpaired) electrons. The summed E-state index contributed by atoms with van der Waals surface area (Å²) < 4.78 is 0. The van der Waals surface area contributed by atoms with Gasteiger partial charge in [0.25, 0.3) is 5.91 Å². The van der Waals surface area contributed by atoms with Crippen LogP contribution < -0.4 is 10.2 Å². The number of aliphatic hydroxyl groups is 1. The Morgan fingerprint density at radius 1 is 0.933 bits per heavy atom. The van der Waals surface area contributed by atoms with Crippen molar-refractivity contribution in [3.63, 3.8) is 0 Å². The zero-order chi connectivity index (χ0) is 20.6. The van der Waals surface area contributed by atoms with Crippen LogP contribution >= 0.6 is 0 Å². The van der Waals surface area contributed by atoms with Crippen molar-refractivity contribution < 1.29 is 9.90 Å². The van der Waals surface area contributed by atoms with Crippen LogP contribution in [0.2, 0.25) is 0 Å². The van der Waals surface area contributed by atoms with Crippen LogP contribution in [0.3, 0.4) is 0 Å². The summed E-state index contributed by atoms with van der Waals surface area (Å²) in [7, 11) is 0. The van der Waals surface area contributed by atoms with Crippen molar-refractivity contribution in [2.75, 3.05) is 24.5 Å². The third-order valence-corrected chi connectivity index (χ3v) is 6.09. The molecule has 3 heterocycles. The first-order valence-electron chi connectivity index (χ1n) is 10.4. The Labute approximate surface area is 175 Å². The minimum Gasteiger partial charge on any atom is -0.385 e. The molecule has 1 amide bonds. The number of anilines is 1. The van der Waals surface area contributed by atoms with Gasteiger partial charge in [-0.25, -0.2) is 9.97 Å². The third-order valence-electron chi connectivity index (χ3n) is 6.09. The molecule has 30 heavy (non-hydrogen) atoms. The van der Waals surface area contributed by atoms with Crippen LogP contribution in [0.5, 0.6) is 0 Å². The number of rotatable bonds is 3. The fraction of sp³-hybridized carbons (Fsp3) is 0.292. The summed E-state index contributed by atoms with van der Waals surface area (Å²) in [4.78, 5) is 24.2. The Kier molecular flexibility index (Phi) is 4.71. The van der Waals surface area contributed by atoms with E-state index in [-0.39, 0.29) is 5.91 Å². The van der Waals surface area contributed by atoms with E-state index in [4.69, 9.17) is 4.98 Å². The molecular formula is C24H24N4O2. The molecule has 2 N–H and O–H groups in total. The van der Waals surface area contributed by atoms with Gasteiger partial charge in [-0.2, -0.15) is 0 Å². The fourth-order valence-electron chi connectivity index (χ4n) is 4.38. The molecule has 2 aliphatic rings. The van der Waals surface area contributed by atoms with Crippen LogP contribution in [0.4, 0.5) is 5.82 Å². The Balaban J connectivity index is 1.50. The van der Waals surface area contributed by atoms with Gasteiger partial charge in [-0.05, 0) is 24.8 Å². The Hall–Kier alpha value is -3.25. The van der Waals surface area contributed by atoms with Crippen LogP contribution in [0, 0.1) is 0 Å². The van der Waals surface area contributed by atoms with Crippen LogP contribution in [-0.4, -0.2) is 40.6 Å². The van der Waals surface area contributed by atoms with Crippen LogP contribution in [0.1, 0.15) is 34.5 Å². The predicted octanol–water partition coefficient (Wildman–Crippen LogP) is 2.92. The van der Waals surface area contributed by atoms with Gasteiger partial charge in [-0.1, -0.05) is 60.7 Å². The normalized spacial score (nSPS) is 17.9. The van der Waals surface area contributed by atoms with Crippen molar-refractivity contribution >= 4 is 11.7 Å². The number of hydrogen-bond acceptors (Lipinski definition) is 5. The van der Waals surface area contributed by atoms with Crippen LogP contribution in [0.25, 0.3) is 11.4 Å². The minimum absolute atomic E-state index is 0.144. The highest BCUT2D eigenvalue weighted by atomic mass is 16.3. The highest BCUT2D eigenvalue weighted by Gasteiger charge is 2.36. The van der Waals surface area contributed by atoms with E-state index in [2.05, 4.69) is 15.2 Å². The molecule has 152 valence electrons. The lowest BCUT2D eigenvalue weighted by Gasteiger charge is -2.40. The summed E-state index contributed by atoms with van der Waals surface area (Å²) >= 11 is 0. The van der Waals surface area contributed by atoms with Gasteiger partial charge in [0.15, 0.2) is 5.82 Å². The maximum absolute atomic E-state index is 12.5. The maximum Gasteiger partial charge on any atom is 0.270 e. The largest absolute Gasteiger partial charge is 0.385 e. The zero-order valence-electron chi connectivity index (χ0n) is 16.7. The zero-order valence-corrected chi connectivity index (χ0v) is 16.7. The number of carbonyl (C=O) groups excluding carboxylic acids is 1. The summed E-state index contributed by atoms with van der Waals surface area (Å²) in [6.07, 6.45) is 1.94. The molecule has 2 aliphatic heterocycles. The molecule has 1 fully saturated rings. The van der Waals surface area contributed by atoms with E-state index >= 15 is 0 Å². The van der Waals surface area contributed by atoms with Gasteiger partial charge in [0.05, 0.1) is 5.60 Å². The lowest BCUT2D eigenvalue weighted by atomic mass is 9.84. The number of nitrogens with zero attached hydrogens (tertiary/aromatic N) is 3.